The average molecular weight is 381 g/mol. The van der Waals surface area contributed by atoms with E-state index in [0.29, 0.717) is 18.7 Å². The number of aromatic nitrogens is 1. The summed E-state index contributed by atoms with van der Waals surface area (Å²) >= 11 is 0. The number of allylic oxidation sites excluding steroid dienone is 1. The quantitative estimate of drug-likeness (QED) is 0.687. The first-order valence-corrected chi connectivity index (χ1v) is 8.83. The molecule has 3 rings (SSSR count). The number of rotatable bonds is 2. The molecular weight excluding hydrogens is 358 g/mol. The number of nitrogens with two attached hydrogens (primary N) is 1. The molecule has 2 heterocycles. The first-order chi connectivity index (χ1) is 13.4. The van der Waals surface area contributed by atoms with E-state index in [2.05, 4.69) is 4.98 Å². The molecular formula is C20H23N5O3. The van der Waals surface area contributed by atoms with Crippen LogP contribution < -0.4 is 5.73 Å². The van der Waals surface area contributed by atoms with Gasteiger partial charge in [-0.1, -0.05) is 6.08 Å². The molecule has 1 aliphatic carbocycles. The van der Waals surface area contributed by atoms with Gasteiger partial charge in [-0.25, -0.2) is 4.79 Å². The monoisotopic (exact) mass is 381 g/mol. The number of carbonyl (C=O) groups is 1. The number of carboxylic acid groups (broad SMARTS) is 1. The van der Waals surface area contributed by atoms with Crippen LogP contribution in [0.3, 0.4) is 0 Å². The van der Waals surface area contributed by atoms with Crippen molar-refractivity contribution in [1.82, 2.24) is 9.88 Å². The predicted octanol–water partition coefficient (Wildman–Crippen LogP) is 0.996. The van der Waals surface area contributed by atoms with Crippen molar-refractivity contribution in [1.29, 1.82) is 10.5 Å². The van der Waals surface area contributed by atoms with Crippen LogP contribution in [0.15, 0.2) is 47.4 Å². The number of fused-ring (bicyclic) bond motifs is 1. The molecule has 1 aliphatic heterocycles. The highest BCUT2D eigenvalue weighted by atomic mass is 16.4. The van der Waals surface area contributed by atoms with Crippen molar-refractivity contribution < 1.29 is 15.0 Å². The third-order valence-corrected chi connectivity index (χ3v) is 5.01. The van der Waals surface area contributed by atoms with E-state index in [9.17, 15) is 20.4 Å². The van der Waals surface area contributed by atoms with Crippen molar-refractivity contribution in [2.24, 2.45) is 17.1 Å². The summed E-state index contributed by atoms with van der Waals surface area (Å²) in [5, 5.41) is 37.0. The summed E-state index contributed by atoms with van der Waals surface area (Å²) in [6, 6.07) is 7.55. The number of likely N-dealkylation sites (N-methyl/N-ethyl adjacent to an activating group) is 1. The molecule has 0 fully saturated rings. The second-order valence-corrected chi connectivity index (χ2v) is 6.69. The van der Waals surface area contributed by atoms with Gasteiger partial charge in [-0.05, 0) is 37.2 Å². The molecule has 1 aromatic heterocycles. The first kappa shape index (κ1) is 21.1. The van der Waals surface area contributed by atoms with Gasteiger partial charge in [-0.15, -0.1) is 0 Å². The van der Waals surface area contributed by atoms with Crippen molar-refractivity contribution in [2.45, 2.75) is 12.8 Å². The van der Waals surface area contributed by atoms with Gasteiger partial charge in [0, 0.05) is 43.9 Å². The van der Waals surface area contributed by atoms with Crippen LogP contribution in [-0.2, 0) is 4.79 Å². The second kappa shape index (κ2) is 8.66. The largest absolute Gasteiger partial charge is 0.478 e. The smallest absolute Gasteiger partial charge is 0.337 e. The number of aliphatic hydroxyl groups is 1. The molecule has 0 spiro atoms. The maximum Gasteiger partial charge on any atom is 0.337 e. The molecule has 0 saturated carbocycles. The van der Waals surface area contributed by atoms with Gasteiger partial charge in [0.25, 0.3) is 0 Å². The highest BCUT2D eigenvalue weighted by Crippen LogP contribution is 2.54. The lowest BCUT2D eigenvalue weighted by atomic mass is 9.58. The van der Waals surface area contributed by atoms with Gasteiger partial charge in [-0.2, -0.15) is 10.5 Å². The van der Waals surface area contributed by atoms with Gasteiger partial charge in [0.2, 0.25) is 0 Å². The normalized spacial score (nSPS) is 23.2. The maximum atomic E-state index is 11.8. The first-order valence-electron chi connectivity index (χ1n) is 8.83. The SMILES string of the molecule is CCO.CN1CC=C2C(C(=O)O)=C(N)C(C#N)(C#N)[C@H](c3ccncc3)[C@H]2C1. The Bertz CT molecular complexity index is 865. The molecule has 1 aromatic rings. The molecule has 146 valence electrons. The van der Waals surface area contributed by atoms with Crippen LogP contribution in [-0.4, -0.2) is 52.8 Å². The lowest BCUT2D eigenvalue weighted by Crippen LogP contribution is -2.48. The Kier molecular flexibility index (Phi) is 6.53. The van der Waals surface area contributed by atoms with Gasteiger partial charge in [0.15, 0.2) is 5.41 Å². The molecule has 8 nitrogen and oxygen atoms in total. The minimum Gasteiger partial charge on any atom is -0.478 e. The Morgan fingerprint density at radius 2 is 1.96 bits per heavy atom. The van der Waals surface area contributed by atoms with Crippen LogP contribution in [0.25, 0.3) is 0 Å². The Morgan fingerprint density at radius 1 is 1.39 bits per heavy atom. The van der Waals surface area contributed by atoms with E-state index in [-0.39, 0.29) is 23.8 Å². The van der Waals surface area contributed by atoms with Gasteiger partial charge in [0.05, 0.1) is 23.4 Å². The predicted molar refractivity (Wildman–Crippen MR) is 101 cm³/mol. The lowest BCUT2D eigenvalue weighted by molar-refractivity contribution is -0.132. The highest BCUT2D eigenvalue weighted by molar-refractivity contribution is 5.94. The molecule has 28 heavy (non-hydrogen) atoms. The topological polar surface area (TPSA) is 147 Å². The Hall–Kier alpha value is -3.20. The van der Waals surface area contributed by atoms with Crippen molar-refractivity contribution >= 4 is 5.97 Å². The number of hydrogen-bond acceptors (Lipinski definition) is 7. The number of aliphatic carboxylic acids is 1. The fourth-order valence-electron chi connectivity index (χ4n) is 3.88. The number of nitrogens with zero attached hydrogens (tertiary/aromatic N) is 4. The standard InChI is InChI=1S/C18H17N5O2.C2H6O/c1-23-7-4-12-13(8-23)15(11-2-5-22-6-3-11)18(9-19,10-20)16(21)14(12)17(24)25;1-2-3/h2-6,13,15H,7-8,21H2,1H3,(H,24,25);3H,2H2,1H3/t13-,15+;/m0./s1. The third kappa shape index (κ3) is 3.48. The lowest BCUT2D eigenvalue weighted by Gasteiger charge is -2.45. The maximum absolute atomic E-state index is 11.8. The summed E-state index contributed by atoms with van der Waals surface area (Å²) < 4.78 is 0. The number of pyridine rings is 1. The molecule has 2 aliphatic rings. The molecule has 8 heteroatoms. The highest BCUT2D eigenvalue weighted by Gasteiger charge is 2.55. The molecule has 0 bridgehead atoms. The van der Waals surface area contributed by atoms with Crippen LogP contribution in [0, 0.1) is 34.0 Å². The zero-order valence-electron chi connectivity index (χ0n) is 15.8. The van der Waals surface area contributed by atoms with E-state index in [1.165, 1.54) is 0 Å². The van der Waals surface area contributed by atoms with Gasteiger partial charge in [0.1, 0.15) is 0 Å². The fraction of sp³-hybridized carbons (Fsp3) is 0.400. The third-order valence-electron chi connectivity index (χ3n) is 5.01. The summed E-state index contributed by atoms with van der Waals surface area (Å²) in [5.41, 5.74) is 5.46. The average Bonchev–Trinajstić information content (AvgIpc) is 2.68. The van der Waals surface area contributed by atoms with Crippen molar-refractivity contribution in [3.63, 3.8) is 0 Å². The second-order valence-electron chi connectivity index (χ2n) is 6.69. The van der Waals surface area contributed by atoms with Crippen LogP contribution >= 0.6 is 0 Å². The Morgan fingerprint density at radius 3 is 2.46 bits per heavy atom. The van der Waals surface area contributed by atoms with E-state index in [1.807, 2.05) is 30.2 Å². The summed E-state index contributed by atoms with van der Waals surface area (Å²) in [6.45, 7) is 3.05. The Balaban J connectivity index is 0.000000878. The van der Waals surface area contributed by atoms with Gasteiger partial charge < -0.3 is 20.8 Å². The zero-order chi connectivity index (χ0) is 20.9. The summed E-state index contributed by atoms with van der Waals surface area (Å²) in [7, 11) is 1.92. The van der Waals surface area contributed by atoms with E-state index < -0.39 is 17.3 Å². The van der Waals surface area contributed by atoms with Crippen molar-refractivity contribution in [3.8, 4) is 12.1 Å². The fourth-order valence-corrected chi connectivity index (χ4v) is 3.88. The summed E-state index contributed by atoms with van der Waals surface area (Å²) in [6.07, 6.45) is 5.02. The molecule has 0 saturated heterocycles. The number of nitriles is 2. The molecule has 4 N–H and O–H groups in total. The molecule has 0 unspecified atom stereocenters. The Labute approximate surface area is 163 Å². The van der Waals surface area contributed by atoms with Crippen LogP contribution in [0.2, 0.25) is 0 Å². The molecule has 0 amide bonds. The minimum atomic E-state index is -1.74. The van der Waals surface area contributed by atoms with Crippen molar-refractivity contribution in [3.05, 3.63) is 53.0 Å². The van der Waals surface area contributed by atoms with E-state index in [4.69, 9.17) is 10.8 Å². The minimum absolute atomic E-state index is 0.105. The van der Waals surface area contributed by atoms with Crippen LogP contribution in [0.4, 0.5) is 0 Å². The molecule has 0 radical (unpaired) electrons. The van der Waals surface area contributed by atoms with E-state index in [1.54, 1.807) is 31.5 Å². The van der Waals surface area contributed by atoms with Gasteiger partial charge >= 0.3 is 5.97 Å². The molecule has 0 aromatic carbocycles. The van der Waals surface area contributed by atoms with E-state index in [0.717, 1.165) is 5.56 Å². The van der Waals surface area contributed by atoms with E-state index >= 15 is 0 Å². The molecule has 2 atom stereocenters. The van der Waals surface area contributed by atoms with Crippen molar-refractivity contribution in [2.75, 3.05) is 26.7 Å². The zero-order valence-corrected chi connectivity index (χ0v) is 15.8. The number of hydrogen-bond donors (Lipinski definition) is 3. The van der Waals surface area contributed by atoms with Crippen LogP contribution in [0.5, 0.6) is 0 Å². The number of aliphatic hydroxyl groups excluding tert-OH is 1. The summed E-state index contributed by atoms with van der Waals surface area (Å²) in [4.78, 5) is 17.9. The van der Waals surface area contributed by atoms with Crippen LogP contribution in [0.1, 0.15) is 18.4 Å². The van der Waals surface area contributed by atoms with Gasteiger partial charge in [-0.3, -0.25) is 4.98 Å². The summed E-state index contributed by atoms with van der Waals surface area (Å²) in [5.74, 6) is -2.09. The number of carboxylic acids is 1.